The van der Waals surface area contributed by atoms with Crippen LogP contribution in [0.25, 0.3) is 21.5 Å². The number of aliphatic carboxylic acids is 8. The molecule has 4 aromatic rings. The fraction of sp³-hybridized carbons (Fsp3) is 0.373. The van der Waals surface area contributed by atoms with Crippen LogP contribution in [0, 0.1) is 0 Å². The number of hydrogen-bond donors (Lipinski definition) is 14. The molecule has 0 aliphatic heterocycles. The summed E-state index contributed by atoms with van der Waals surface area (Å²) in [5, 5.41) is 99.9. The number of carboxylic acid groups (broad SMARTS) is 8. The Morgan fingerprint density at radius 3 is 0.847 bits per heavy atom. The average molecular weight is 1290 g/mol. The number of rotatable bonds is 36. The molecule has 0 spiro atoms. The van der Waals surface area contributed by atoms with E-state index in [2.05, 4.69) is 21.7 Å². The summed E-state index contributed by atoms with van der Waals surface area (Å²) in [5.41, 5.74) is 7.94. The van der Waals surface area contributed by atoms with Gasteiger partial charge >= 0.3 is 77.3 Å². The average Bonchev–Trinajstić information content (AvgIpc) is 1.28. The van der Waals surface area contributed by atoms with Crippen LogP contribution in [0.15, 0.2) is 60.7 Å². The van der Waals surface area contributed by atoms with E-state index in [9.17, 15) is 88.2 Å². The second-order valence-electron chi connectivity index (χ2n) is 18.7. The number of hydrogen-bond acceptors (Lipinski definition) is 20. The second-order valence-corrected chi connectivity index (χ2v) is 18.7. The molecule has 14 N–H and O–H groups in total. The number of carboxylic acids is 8. The molecule has 0 aliphatic rings. The van der Waals surface area contributed by atoms with Crippen LogP contribution in [0.3, 0.4) is 0 Å². The molecule has 0 aliphatic carbocycles. The largest absolute Gasteiger partial charge is 1.00 e. The number of carbonyl (C=O) groups excluding carboxylic acids is 4. The summed E-state index contributed by atoms with van der Waals surface area (Å²) < 4.78 is 0. The Morgan fingerprint density at radius 2 is 0.576 bits per heavy atom. The first-order valence-corrected chi connectivity index (χ1v) is 24.9. The first-order valence-electron chi connectivity index (χ1n) is 24.9. The van der Waals surface area contributed by atoms with Gasteiger partial charge < -0.3 is 51.1 Å². The third-order valence-corrected chi connectivity index (χ3v) is 12.3. The molecule has 0 unspecified atom stereocenters. The molecule has 0 atom stereocenters. The number of aromatic hydroxyl groups is 2. The van der Waals surface area contributed by atoms with Crippen molar-refractivity contribution in [1.82, 2.24) is 51.1 Å². The number of hydrazine groups is 2. The van der Waals surface area contributed by atoms with Crippen molar-refractivity contribution in [2.75, 3.05) is 118 Å². The zero-order valence-electron chi connectivity index (χ0n) is 45.6. The maximum absolute atomic E-state index is 13.8. The Hall–Kier alpha value is -7.95. The van der Waals surface area contributed by atoms with E-state index < -0.39 is 159 Å². The van der Waals surface area contributed by atoms with Crippen molar-refractivity contribution in [2.24, 2.45) is 0 Å². The van der Waals surface area contributed by atoms with Gasteiger partial charge in [-0.15, -0.1) is 0 Å². The van der Waals surface area contributed by atoms with E-state index in [0.29, 0.717) is 21.5 Å². The molecular formula is C51H62N10NaO22Tc+. The summed E-state index contributed by atoms with van der Waals surface area (Å²) in [7, 11) is 0. The van der Waals surface area contributed by atoms with Crippen LogP contribution in [-0.4, -0.2) is 270 Å². The van der Waals surface area contributed by atoms with Gasteiger partial charge in [-0.2, -0.15) is 0 Å². The molecular weight excluding hydrogens is 1230 g/mol. The van der Waals surface area contributed by atoms with Crippen molar-refractivity contribution in [3.8, 4) is 11.5 Å². The first kappa shape index (κ1) is 73.2. The minimum absolute atomic E-state index is 0. The molecule has 34 heteroatoms. The Labute approximate surface area is 518 Å². The van der Waals surface area contributed by atoms with Gasteiger partial charge in [0.2, 0.25) is 0 Å². The minimum atomic E-state index is -1.39. The van der Waals surface area contributed by atoms with E-state index in [1.807, 2.05) is 0 Å². The van der Waals surface area contributed by atoms with Gasteiger partial charge in [-0.3, -0.25) is 109 Å². The molecule has 455 valence electrons. The Balaban J connectivity index is 0.0000123. The Morgan fingerprint density at radius 1 is 0.341 bits per heavy atom. The van der Waals surface area contributed by atoms with Crippen LogP contribution in [0.2, 0.25) is 0 Å². The normalized spacial score (nSPS) is 11.1. The molecule has 0 saturated carbocycles. The van der Waals surface area contributed by atoms with Crippen LogP contribution in [0.5, 0.6) is 11.5 Å². The molecule has 0 bridgehead atoms. The summed E-state index contributed by atoms with van der Waals surface area (Å²) in [5.74, 6) is -16.0. The van der Waals surface area contributed by atoms with Gasteiger partial charge in [0.1, 0.15) is 11.5 Å². The van der Waals surface area contributed by atoms with Gasteiger partial charge in [-0.25, -0.2) is 0 Å². The fourth-order valence-electron chi connectivity index (χ4n) is 8.63. The second kappa shape index (κ2) is 36.0. The zero-order chi connectivity index (χ0) is 61.5. The predicted molar refractivity (Wildman–Crippen MR) is 285 cm³/mol. The van der Waals surface area contributed by atoms with Crippen LogP contribution in [0.4, 0.5) is 0 Å². The third kappa shape index (κ3) is 25.4. The topological polar surface area (TPSA) is 475 Å². The summed E-state index contributed by atoms with van der Waals surface area (Å²) in [4.78, 5) is 153. The molecule has 85 heavy (non-hydrogen) atoms. The van der Waals surface area contributed by atoms with Crippen molar-refractivity contribution >= 4 is 92.9 Å². The van der Waals surface area contributed by atoms with Crippen LogP contribution < -0.4 is 51.3 Å². The monoisotopic (exact) mass is 1290 g/mol. The van der Waals surface area contributed by atoms with Gasteiger partial charge in [0.05, 0.1) is 76.6 Å². The summed E-state index contributed by atoms with van der Waals surface area (Å²) in [6.07, 6.45) is -0.361. The Bertz CT molecular complexity index is 2870. The van der Waals surface area contributed by atoms with Gasteiger partial charge in [0.25, 0.3) is 23.6 Å². The molecule has 0 saturated heterocycles. The maximum atomic E-state index is 13.8. The fourth-order valence-corrected chi connectivity index (χ4v) is 8.63. The predicted octanol–water partition coefficient (Wildman–Crippen LogP) is -5.99. The van der Waals surface area contributed by atoms with Gasteiger partial charge in [-0.05, 0) is 33.7 Å². The van der Waals surface area contributed by atoms with Gasteiger partial charge in [-0.1, -0.05) is 48.5 Å². The minimum Gasteiger partial charge on any atom is -0.507 e. The van der Waals surface area contributed by atoms with E-state index >= 15 is 0 Å². The van der Waals surface area contributed by atoms with Crippen LogP contribution >= 0.6 is 0 Å². The molecule has 0 fully saturated rings. The summed E-state index contributed by atoms with van der Waals surface area (Å²) >= 11 is 0. The number of phenolic OH excluding ortho intramolecular Hbond substituents is 2. The summed E-state index contributed by atoms with van der Waals surface area (Å²) in [6.45, 7) is -8.30. The van der Waals surface area contributed by atoms with Crippen LogP contribution in [-0.2, 0) is 74.5 Å². The number of amides is 4. The maximum Gasteiger partial charge on any atom is 1.00 e. The molecule has 4 amide bonds. The standard InChI is InChI=1S/C51H62N10O22.Na.Tc/c62-38(20-58(24-42(68)69)13-9-56(22-40(64)65)11-15-60(26-44(72)73)27-45(74)75)52-54-50(82)36-17-30-5-1-3-7-32(30)34(48(36)80)19-35-33-8-4-2-6-31(33)18-37(49(35)81)51(83)55-53-39(63)21-59(25-43(70)71)14-10-57(23-41(66)67)12-16-61(28-46(76)77)29-47(78)79;;/h1-8,17-18,80-81H,9-16,19-29H2,(H,52,62)(H,53,63)(H,54,82)(H,55,83)(H,64,65)(H,66,67)(H,68,69)(H,70,71)(H,72,73)(H,74,75)(H,76,77)(H,78,79);;/q;+1;/i;;1+1. The molecule has 0 heterocycles. The molecule has 32 nitrogen and oxygen atoms in total. The summed E-state index contributed by atoms with van der Waals surface area (Å²) in [6, 6.07) is 15.5. The molecule has 4 rings (SSSR count). The van der Waals surface area contributed by atoms with E-state index in [1.54, 1.807) is 48.5 Å². The molecule has 4 aromatic carbocycles. The quantitative estimate of drug-likeness (QED) is 0.0149. The number of nitrogens with zero attached hydrogens (tertiary/aromatic N) is 6. The number of phenols is 2. The molecule has 0 aromatic heterocycles. The van der Waals surface area contributed by atoms with Gasteiger partial charge in [0, 0.05) is 90.0 Å². The Kier molecular flexibility index (Phi) is 31.0. The number of carbonyl (C=O) groups is 12. The molecule has 1 radical (unpaired) electrons. The van der Waals surface area contributed by atoms with Crippen molar-refractivity contribution in [1.29, 1.82) is 0 Å². The van der Waals surface area contributed by atoms with E-state index in [0.717, 1.165) is 19.6 Å². The van der Waals surface area contributed by atoms with Crippen molar-refractivity contribution in [3.05, 3.63) is 82.9 Å². The van der Waals surface area contributed by atoms with E-state index in [1.165, 1.54) is 21.9 Å². The third-order valence-electron chi connectivity index (χ3n) is 12.3. The smallest absolute Gasteiger partial charge is 0.507 e. The van der Waals surface area contributed by atoms with Crippen molar-refractivity contribution in [2.45, 2.75) is 6.42 Å². The number of nitrogens with one attached hydrogen (secondary N) is 4. The van der Waals surface area contributed by atoms with Gasteiger partial charge in [0.15, 0.2) is 0 Å². The number of benzene rings is 4. The van der Waals surface area contributed by atoms with E-state index in [-0.39, 0.29) is 120 Å². The van der Waals surface area contributed by atoms with Crippen molar-refractivity contribution in [3.63, 3.8) is 0 Å². The van der Waals surface area contributed by atoms with Crippen molar-refractivity contribution < 1.29 is 158 Å². The zero-order valence-corrected chi connectivity index (χ0v) is 49.5. The first-order chi connectivity index (χ1) is 39.2. The number of fused-ring (bicyclic) bond motifs is 2. The SMILES string of the molecule is O=C(O)CN(CCN(CC(=O)O)CC(=O)O)CCN(CC(=O)O)CC(=O)NNC(=O)c1cc2ccccc2c(Cc2c(O)c(C(=O)NNC(=O)CN(CCN(CCN(CC(=O)O)CC(=O)O)CC(=O)O)CC(=O)O)cc3ccccc23)c1O.[99Tc].[Na+]. The van der Waals surface area contributed by atoms with E-state index in [4.69, 9.17) is 20.4 Å². The van der Waals surface area contributed by atoms with Crippen LogP contribution in [0.1, 0.15) is 31.8 Å².